The molecule has 1 fully saturated rings. The Morgan fingerprint density at radius 3 is 1.64 bits per heavy atom. The van der Waals surface area contributed by atoms with Crippen molar-refractivity contribution in [1.29, 1.82) is 0 Å². The van der Waals surface area contributed by atoms with Gasteiger partial charge in [-0.05, 0) is 29.1 Å². The van der Waals surface area contributed by atoms with Crippen molar-refractivity contribution in [2.45, 2.75) is 48.0 Å². The Morgan fingerprint density at radius 2 is 1.45 bits per heavy atom. The molecule has 0 heterocycles. The first-order valence-corrected chi connectivity index (χ1v) is 4.88. The zero-order chi connectivity index (χ0) is 8.86. The van der Waals surface area contributed by atoms with Crippen LogP contribution in [0.5, 0.6) is 0 Å². The van der Waals surface area contributed by atoms with Crippen LogP contribution in [-0.2, 0) is 0 Å². The normalized spacial score (nSPS) is 48.5. The fourth-order valence-electron chi connectivity index (χ4n) is 2.97. The van der Waals surface area contributed by atoms with Crippen LogP contribution in [0.3, 0.4) is 0 Å². The van der Waals surface area contributed by atoms with Gasteiger partial charge in [0.1, 0.15) is 0 Å². The maximum atomic E-state index is 2.44. The molecule has 0 radical (unpaired) electrons. The Kier molecular flexibility index (Phi) is 1.85. The third-order valence-corrected chi connectivity index (χ3v) is 5.10. The summed E-state index contributed by atoms with van der Waals surface area (Å²) in [5, 5.41) is 0. The lowest BCUT2D eigenvalue weighted by atomic mass is 9.40. The topological polar surface area (TPSA) is 0 Å². The Hall–Kier alpha value is 0. The summed E-state index contributed by atoms with van der Waals surface area (Å²) in [5.74, 6) is 1.80. The molecular weight excluding hydrogens is 132 g/mol. The van der Waals surface area contributed by atoms with E-state index in [1.54, 1.807) is 0 Å². The molecule has 0 aromatic rings. The molecule has 3 unspecified atom stereocenters. The summed E-state index contributed by atoms with van der Waals surface area (Å²) in [4.78, 5) is 0. The molecule has 1 saturated carbocycles. The van der Waals surface area contributed by atoms with E-state index in [1.807, 2.05) is 0 Å². The fraction of sp³-hybridized carbons (Fsp3) is 1.00. The van der Waals surface area contributed by atoms with Crippen molar-refractivity contribution in [3.05, 3.63) is 0 Å². The first kappa shape index (κ1) is 9.09. The van der Waals surface area contributed by atoms with E-state index in [-0.39, 0.29) is 0 Å². The van der Waals surface area contributed by atoms with Crippen molar-refractivity contribution in [3.8, 4) is 0 Å². The highest BCUT2D eigenvalue weighted by Gasteiger charge is 2.58. The predicted molar refractivity (Wildman–Crippen MR) is 50.5 cm³/mol. The van der Waals surface area contributed by atoms with Crippen molar-refractivity contribution in [2.24, 2.45) is 22.7 Å². The summed E-state index contributed by atoms with van der Waals surface area (Å²) >= 11 is 0. The van der Waals surface area contributed by atoms with Crippen molar-refractivity contribution in [2.75, 3.05) is 0 Å². The average Bonchev–Trinajstić information content (AvgIpc) is 2.00. The van der Waals surface area contributed by atoms with Crippen LogP contribution in [0.25, 0.3) is 0 Å². The van der Waals surface area contributed by atoms with Crippen molar-refractivity contribution < 1.29 is 0 Å². The predicted octanol–water partition coefficient (Wildman–Crippen LogP) is 3.71. The lowest BCUT2D eigenvalue weighted by Gasteiger charge is -2.65. The molecule has 0 aromatic heterocycles. The number of hydrogen-bond donors (Lipinski definition) is 0. The van der Waals surface area contributed by atoms with Gasteiger partial charge in [-0.2, -0.15) is 0 Å². The van der Waals surface area contributed by atoms with E-state index in [9.17, 15) is 0 Å². The quantitative estimate of drug-likeness (QED) is 0.540. The SMILES string of the molecule is CCC1(C)C(C)C(C)C1(C)C. The second kappa shape index (κ2) is 2.24. The minimum atomic E-state index is 0.557. The summed E-state index contributed by atoms with van der Waals surface area (Å²) in [6.45, 7) is 14.4. The molecule has 0 spiro atoms. The second-order valence-electron chi connectivity index (χ2n) is 5.07. The average molecular weight is 154 g/mol. The van der Waals surface area contributed by atoms with E-state index < -0.39 is 0 Å². The first-order valence-electron chi connectivity index (χ1n) is 4.88. The van der Waals surface area contributed by atoms with Gasteiger partial charge < -0.3 is 0 Å². The molecule has 0 N–H and O–H groups in total. The first-order chi connectivity index (χ1) is 4.88. The Bertz CT molecular complexity index is 157. The summed E-state index contributed by atoms with van der Waals surface area (Å²) in [5.41, 5.74) is 1.15. The minimum Gasteiger partial charge on any atom is -0.0648 e. The van der Waals surface area contributed by atoms with Crippen LogP contribution in [0.15, 0.2) is 0 Å². The summed E-state index contributed by atoms with van der Waals surface area (Å²) in [6, 6.07) is 0. The molecule has 0 heteroatoms. The smallest absolute Gasteiger partial charge is 0.0246 e. The number of hydrogen-bond acceptors (Lipinski definition) is 0. The van der Waals surface area contributed by atoms with Crippen LogP contribution in [0.2, 0.25) is 0 Å². The van der Waals surface area contributed by atoms with Crippen molar-refractivity contribution >= 4 is 0 Å². The monoisotopic (exact) mass is 154 g/mol. The van der Waals surface area contributed by atoms with E-state index in [0.29, 0.717) is 10.8 Å². The molecule has 1 aliphatic rings. The molecule has 0 aliphatic heterocycles. The molecule has 3 atom stereocenters. The second-order valence-corrected chi connectivity index (χ2v) is 5.07. The van der Waals surface area contributed by atoms with Crippen LogP contribution in [0.4, 0.5) is 0 Å². The fourth-order valence-corrected chi connectivity index (χ4v) is 2.97. The van der Waals surface area contributed by atoms with E-state index in [2.05, 4.69) is 41.5 Å². The van der Waals surface area contributed by atoms with Crippen LogP contribution < -0.4 is 0 Å². The van der Waals surface area contributed by atoms with E-state index >= 15 is 0 Å². The van der Waals surface area contributed by atoms with Crippen LogP contribution in [0, 0.1) is 22.7 Å². The maximum Gasteiger partial charge on any atom is -0.0246 e. The van der Waals surface area contributed by atoms with Gasteiger partial charge in [-0.3, -0.25) is 0 Å². The highest BCUT2D eigenvalue weighted by molar-refractivity contribution is 5.07. The lowest BCUT2D eigenvalue weighted by molar-refractivity contribution is -0.163. The molecule has 0 saturated heterocycles. The Labute approximate surface area is 71.4 Å². The third-order valence-electron chi connectivity index (χ3n) is 5.10. The van der Waals surface area contributed by atoms with Gasteiger partial charge in [-0.15, -0.1) is 0 Å². The van der Waals surface area contributed by atoms with Gasteiger partial charge in [0.2, 0.25) is 0 Å². The van der Waals surface area contributed by atoms with Gasteiger partial charge >= 0.3 is 0 Å². The molecule has 0 amide bonds. The van der Waals surface area contributed by atoms with Gasteiger partial charge in [0.25, 0.3) is 0 Å². The van der Waals surface area contributed by atoms with Crippen molar-refractivity contribution in [1.82, 2.24) is 0 Å². The molecule has 1 aliphatic carbocycles. The van der Waals surface area contributed by atoms with Gasteiger partial charge in [-0.25, -0.2) is 0 Å². The van der Waals surface area contributed by atoms with Gasteiger partial charge in [-0.1, -0.05) is 41.5 Å². The molecule has 1 rings (SSSR count). The van der Waals surface area contributed by atoms with Crippen LogP contribution in [-0.4, -0.2) is 0 Å². The summed E-state index contributed by atoms with van der Waals surface area (Å²) in [6.07, 6.45) is 1.32. The lowest BCUT2D eigenvalue weighted by Crippen LogP contribution is -2.58. The molecule has 0 bridgehead atoms. The Balaban J connectivity index is 2.84. The third kappa shape index (κ3) is 0.816. The molecule has 11 heavy (non-hydrogen) atoms. The highest BCUT2D eigenvalue weighted by Crippen LogP contribution is 2.65. The van der Waals surface area contributed by atoms with Crippen molar-refractivity contribution in [3.63, 3.8) is 0 Å². The van der Waals surface area contributed by atoms with Gasteiger partial charge in [0.15, 0.2) is 0 Å². The minimum absolute atomic E-state index is 0.557. The Morgan fingerprint density at radius 1 is 1.00 bits per heavy atom. The standard InChI is InChI=1S/C11H22/c1-7-11(6)9(3)8(2)10(11,4)5/h8-9H,7H2,1-6H3. The van der Waals surface area contributed by atoms with Crippen LogP contribution in [0.1, 0.15) is 48.0 Å². The molecule has 0 aromatic carbocycles. The number of rotatable bonds is 1. The highest BCUT2D eigenvalue weighted by atomic mass is 14.6. The summed E-state index contributed by atoms with van der Waals surface area (Å²) in [7, 11) is 0. The van der Waals surface area contributed by atoms with Gasteiger partial charge in [0.05, 0.1) is 0 Å². The van der Waals surface area contributed by atoms with E-state index in [4.69, 9.17) is 0 Å². The van der Waals surface area contributed by atoms with E-state index in [1.165, 1.54) is 6.42 Å². The largest absolute Gasteiger partial charge is 0.0648 e. The van der Waals surface area contributed by atoms with E-state index in [0.717, 1.165) is 11.8 Å². The molecular formula is C11H22. The molecule has 66 valence electrons. The maximum absolute atomic E-state index is 2.44. The summed E-state index contributed by atoms with van der Waals surface area (Å²) < 4.78 is 0. The zero-order valence-corrected chi connectivity index (χ0v) is 8.86. The van der Waals surface area contributed by atoms with Gasteiger partial charge in [0, 0.05) is 0 Å². The van der Waals surface area contributed by atoms with Crippen LogP contribution >= 0.6 is 0 Å². The molecule has 0 nitrogen and oxygen atoms in total. The zero-order valence-electron chi connectivity index (χ0n) is 8.86.